The third-order valence-corrected chi connectivity index (χ3v) is 7.51. The van der Waals surface area contributed by atoms with E-state index in [4.69, 9.17) is 27.9 Å². The normalized spacial score (nSPS) is 21.2. The van der Waals surface area contributed by atoms with Crippen molar-refractivity contribution in [3.63, 3.8) is 0 Å². The fourth-order valence-corrected chi connectivity index (χ4v) is 5.23. The van der Waals surface area contributed by atoms with Gasteiger partial charge in [0.2, 0.25) is 0 Å². The standard InChI is InChI=1S/C25H27Cl2F3N4O3/c1-25(2,37-18-7-6-17(28)21(26)22(18)27)24(36)33-14-9-15-4-5-16(10-14)34(15)20-8-3-13(11-31-20)23(35)32-12-19(29)30/h3,6-8,11,14-16,19H,4-5,9-10,12H2,1-2H3,(H,32,35)(H,33,36)/t14-,15+,16-. The summed E-state index contributed by atoms with van der Waals surface area (Å²) >= 11 is 11.9. The summed E-state index contributed by atoms with van der Waals surface area (Å²) in [6, 6.07) is 5.95. The van der Waals surface area contributed by atoms with Gasteiger partial charge in [-0.15, -0.1) is 0 Å². The van der Waals surface area contributed by atoms with Crippen molar-refractivity contribution in [3.8, 4) is 5.75 Å². The van der Waals surface area contributed by atoms with Crippen LogP contribution in [0.4, 0.5) is 19.0 Å². The van der Waals surface area contributed by atoms with Crippen LogP contribution >= 0.6 is 23.2 Å². The van der Waals surface area contributed by atoms with Gasteiger partial charge < -0.3 is 20.3 Å². The molecule has 2 aliphatic heterocycles. The third kappa shape index (κ3) is 6.06. The van der Waals surface area contributed by atoms with E-state index in [1.54, 1.807) is 26.0 Å². The number of fused-ring (bicyclic) bond motifs is 2. The predicted molar refractivity (Wildman–Crippen MR) is 134 cm³/mol. The molecule has 0 spiro atoms. The molecule has 2 aliphatic rings. The number of aromatic nitrogens is 1. The Kier molecular flexibility index (Phi) is 8.08. The number of carbonyl (C=O) groups excluding carboxylic acids is 2. The molecular formula is C25H27Cl2F3N4O3. The Balaban J connectivity index is 1.37. The summed E-state index contributed by atoms with van der Waals surface area (Å²) in [5, 5.41) is 4.87. The van der Waals surface area contributed by atoms with Crippen LogP contribution in [-0.2, 0) is 4.79 Å². The van der Waals surface area contributed by atoms with E-state index in [-0.39, 0.29) is 45.4 Å². The maximum Gasteiger partial charge on any atom is 0.263 e. The Morgan fingerprint density at radius 1 is 1.14 bits per heavy atom. The van der Waals surface area contributed by atoms with Gasteiger partial charge in [0, 0.05) is 24.3 Å². The fourth-order valence-electron chi connectivity index (χ4n) is 4.88. The van der Waals surface area contributed by atoms with E-state index in [1.165, 1.54) is 12.3 Å². The van der Waals surface area contributed by atoms with Crippen molar-refractivity contribution in [2.75, 3.05) is 11.4 Å². The van der Waals surface area contributed by atoms with Crippen LogP contribution in [0.25, 0.3) is 0 Å². The average molecular weight is 559 g/mol. The molecule has 2 saturated heterocycles. The second-order valence-corrected chi connectivity index (χ2v) is 10.5. The number of hydrogen-bond donors (Lipinski definition) is 2. The van der Waals surface area contributed by atoms with Gasteiger partial charge in [-0.3, -0.25) is 9.59 Å². The number of pyridine rings is 1. The topological polar surface area (TPSA) is 83.6 Å². The van der Waals surface area contributed by atoms with Crippen LogP contribution in [0.3, 0.4) is 0 Å². The van der Waals surface area contributed by atoms with Crippen molar-refractivity contribution in [2.24, 2.45) is 0 Å². The highest BCUT2D eigenvalue weighted by molar-refractivity contribution is 6.43. The molecule has 2 bridgehead atoms. The van der Waals surface area contributed by atoms with Gasteiger partial charge in [0.1, 0.15) is 22.4 Å². The summed E-state index contributed by atoms with van der Waals surface area (Å²) in [6.07, 6.45) is 2.01. The lowest BCUT2D eigenvalue weighted by Gasteiger charge is -2.40. The lowest BCUT2D eigenvalue weighted by atomic mass is 9.96. The first-order chi connectivity index (χ1) is 17.5. The van der Waals surface area contributed by atoms with Gasteiger partial charge in [0.25, 0.3) is 18.2 Å². The molecule has 3 atom stereocenters. The van der Waals surface area contributed by atoms with E-state index in [2.05, 4.69) is 20.5 Å². The lowest BCUT2D eigenvalue weighted by Crippen LogP contribution is -2.55. The largest absolute Gasteiger partial charge is 0.476 e. The summed E-state index contributed by atoms with van der Waals surface area (Å²) in [5.74, 6) is -0.797. The molecular weight excluding hydrogens is 532 g/mol. The minimum Gasteiger partial charge on any atom is -0.476 e. The SMILES string of the molecule is CC(C)(Oc1ccc(F)c(Cl)c1Cl)C(=O)N[C@H]1C[C@H]2CC[C@@H](C1)N2c1ccc(C(=O)NCC(F)F)cn1. The molecule has 1 aromatic heterocycles. The van der Waals surface area contributed by atoms with Crippen LogP contribution in [0.15, 0.2) is 30.5 Å². The second-order valence-electron chi connectivity index (χ2n) is 9.73. The van der Waals surface area contributed by atoms with E-state index < -0.39 is 30.3 Å². The van der Waals surface area contributed by atoms with E-state index in [1.807, 2.05) is 0 Å². The van der Waals surface area contributed by atoms with Gasteiger partial charge in [-0.1, -0.05) is 23.2 Å². The highest BCUT2D eigenvalue weighted by Gasteiger charge is 2.43. The molecule has 2 fully saturated rings. The van der Waals surface area contributed by atoms with Crippen molar-refractivity contribution in [2.45, 2.75) is 69.7 Å². The minimum atomic E-state index is -2.62. The Morgan fingerprint density at radius 3 is 2.41 bits per heavy atom. The maximum absolute atomic E-state index is 13.6. The summed E-state index contributed by atoms with van der Waals surface area (Å²) in [4.78, 5) is 31.7. The highest BCUT2D eigenvalue weighted by atomic mass is 35.5. The van der Waals surface area contributed by atoms with Crippen LogP contribution in [0.1, 0.15) is 49.9 Å². The highest BCUT2D eigenvalue weighted by Crippen LogP contribution is 2.39. The number of nitrogens with one attached hydrogen (secondary N) is 2. The smallest absolute Gasteiger partial charge is 0.263 e. The number of anilines is 1. The maximum atomic E-state index is 13.6. The van der Waals surface area contributed by atoms with Gasteiger partial charge in [0.15, 0.2) is 5.60 Å². The zero-order valence-corrected chi connectivity index (χ0v) is 21.8. The average Bonchev–Trinajstić information content (AvgIpc) is 3.12. The van der Waals surface area contributed by atoms with Gasteiger partial charge in [-0.05, 0) is 63.8 Å². The number of alkyl halides is 2. The monoisotopic (exact) mass is 558 g/mol. The van der Waals surface area contributed by atoms with Gasteiger partial charge in [-0.25, -0.2) is 18.2 Å². The zero-order chi connectivity index (χ0) is 26.9. The van der Waals surface area contributed by atoms with Crippen molar-refractivity contribution < 1.29 is 27.5 Å². The molecule has 37 heavy (non-hydrogen) atoms. The zero-order valence-electron chi connectivity index (χ0n) is 20.2. The van der Waals surface area contributed by atoms with Crippen molar-refractivity contribution in [3.05, 3.63) is 51.9 Å². The number of nitrogens with zero attached hydrogens (tertiary/aromatic N) is 2. The molecule has 2 amide bonds. The molecule has 7 nitrogen and oxygen atoms in total. The molecule has 12 heteroatoms. The number of halogens is 5. The number of ether oxygens (including phenoxy) is 1. The molecule has 0 radical (unpaired) electrons. The van der Waals surface area contributed by atoms with Gasteiger partial charge in [0.05, 0.1) is 17.1 Å². The molecule has 2 N–H and O–H groups in total. The van der Waals surface area contributed by atoms with Gasteiger partial charge >= 0.3 is 0 Å². The van der Waals surface area contributed by atoms with Crippen LogP contribution in [0.2, 0.25) is 10.0 Å². The summed E-state index contributed by atoms with van der Waals surface area (Å²) in [6.45, 7) is 2.49. The summed E-state index contributed by atoms with van der Waals surface area (Å²) in [5.41, 5.74) is -1.08. The Hall–Kier alpha value is -2.72. The molecule has 4 rings (SSSR count). The van der Waals surface area contributed by atoms with Crippen molar-refractivity contribution in [1.29, 1.82) is 0 Å². The number of piperidine rings is 1. The number of carbonyl (C=O) groups is 2. The number of amides is 2. The molecule has 3 heterocycles. The van der Waals surface area contributed by atoms with Crippen LogP contribution < -0.4 is 20.3 Å². The van der Waals surface area contributed by atoms with Crippen LogP contribution in [0.5, 0.6) is 5.75 Å². The minimum absolute atomic E-state index is 0.0872. The second kappa shape index (κ2) is 10.9. The molecule has 2 aromatic rings. The molecule has 200 valence electrons. The van der Waals surface area contributed by atoms with Crippen molar-refractivity contribution >= 4 is 40.8 Å². The summed E-state index contributed by atoms with van der Waals surface area (Å²) in [7, 11) is 0. The van der Waals surface area contributed by atoms with E-state index >= 15 is 0 Å². The first-order valence-corrected chi connectivity index (χ1v) is 12.7. The van der Waals surface area contributed by atoms with Crippen LogP contribution in [0, 0.1) is 5.82 Å². The number of hydrogen-bond acceptors (Lipinski definition) is 5. The predicted octanol–water partition coefficient (Wildman–Crippen LogP) is 5.00. The quantitative estimate of drug-likeness (QED) is 0.445. The lowest BCUT2D eigenvalue weighted by molar-refractivity contribution is -0.135. The molecule has 0 aliphatic carbocycles. The van der Waals surface area contributed by atoms with E-state index in [0.717, 1.165) is 18.9 Å². The first-order valence-electron chi connectivity index (χ1n) is 11.9. The number of rotatable bonds is 8. The fraction of sp³-hybridized carbons (Fsp3) is 0.480. The van der Waals surface area contributed by atoms with E-state index in [9.17, 15) is 22.8 Å². The molecule has 0 saturated carbocycles. The summed E-state index contributed by atoms with van der Waals surface area (Å²) < 4.78 is 44.1. The Morgan fingerprint density at radius 2 is 1.81 bits per heavy atom. The van der Waals surface area contributed by atoms with Gasteiger partial charge in [-0.2, -0.15) is 0 Å². The Bertz CT molecular complexity index is 1150. The Labute approximate surface area is 222 Å². The third-order valence-electron chi connectivity index (χ3n) is 6.67. The van der Waals surface area contributed by atoms with E-state index in [0.29, 0.717) is 18.7 Å². The number of benzene rings is 1. The van der Waals surface area contributed by atoms with Crippen LogP contribution in [-0.4, -0.2) is 53.5 Å². The first kappa shape index (κ1) is 27.3. The molecule has 1 aromatic carbocycles. The molecule has 0 unspecified atom stereocenters. The van der Waals surface area contributed by atoms with Crippen molar-refractivity contribution in [1.82, 2.24) is 15.6 Å².